The van der Waals surface area contributed by atoms with E-state index >= 15 is 0 Å². The van der Waals surface area contributed by atoms with Gasteiger partial charge < -0.3 is 9.13 Å². The molecular weight excluding hydrogens is 593 g/mol. The van der Waals surface area contributed by atoms with Crippen molar-refractivity contribution in [2.45, 2.75) is 6.92 Å². The van der Waals surface area contributed by atoms with Gasteiger partial charge in [-0.2, -0.15) is 0 Å². The molecule has 2 heterocycles. The molecule has 10 aromatic rings. The topological polar surface area (TPSA) is 9.86 Å². The third-order valence-corrected chi connectivity index (χ3v) is 10.2. The number of hydrogen-bond acceptors (Lipinski definition) is 0. The van der Waals surface area contributed by atoms with Crippen molar-refractivity contribution in [3.8, 4) is 33.6 Å². The summed E-state index contributed by atoms with van der Waals surface area (Å²) >= 11 is 0. The molecule has 0 aliphatic heterocycles. The summed E-state index contributed by atoms with van der Waals surface area (Å²) in [6, 6.07) is 64.5. The van der Waals surface area contributed by atoms with Gasteiger partial charge in [-0.05, 0) is 94.5 Å². The Morgan fingerprint density at radius 3 is 1.55 bits per heavy atom. The smallest absolute Gasteiger partial charge is 0.0547 e. The van der Waals surface area contributed by atoms with Gasteiger partial charge in [0.2, 0.25) is 0 Å². The quantitative estimate of drug-likeness (QED) is 0.184. The summed E-state index contributed by atoms with van der Waals surface area (Å²) in [6.45, 7) is 2.14. The first-order chi connectivity index (χ1) is 24.2. The van der Waals surface area contributed by atoms with Crippen molar-refractivity contribution in [1.29, 1.82) is 0 Å². The highest BCUT2D eigenvalue weighted by molar-refractivity contribution is 6.11. The Balaban J connectivity index is 1.06. The van der Waals surface area contributed by atoms with E-state index < -0.39 is 0 Å². The van der Waals surface area contributed by atoms with E-state index in [1.54, 1.807) is 0 Å². The zero-order valence-corrected chi connectivity index (χ0v) is 27.1. The number of aryl methyl sites for hydroxylation is 1. The SMILES string of the molecule is Cc1ccc(-n2c3ccccc3c3cc(-c4ccc(-c5ccc6c7ccccc7n(-c7ccc8ccccc8c7)c6c5)cc4)ccc32)cc1. The van der Waals surface area contributed by atoms with Crippen LogP contribution in [0.25, 0.3) is 88.0 Å². The lowest BCUT2D eigenvalue weighted by atomic mass is 9.98. The van der Waals surface area contributed by atoms with E-state index in [1.165, 1.54) is 93.6 Å². The second-order valence-corrected chi connectivity index (χ2v) is 13.1. The van der Waals surface area contributed by atoms with Gasteiger partial charge in [-0.15, -0.1) is 0 Å². The van der Waals surface area contributed by atoms with Crippen LogP contribution < -0.4 is 0 Å². The molecule has 0 aliphatic carbocycles. The average Bonchev–Trinajstić information content (AvgIpc) is 3.67. The standard InChI is InChI=1S/C47H32N2/c1-31-14-23-38(24-15-31)48-45-13-7-5-11-41(45)43-29-36(22-27-46(43)48)33-16-18-34(19-17-33)37-21-26-42-40-10-4-6-12-44(40)49(47(42)30-37)39-25-20-32-8-2-3-9-35(32)28-39/h2-30H,1H3. The van der Waals surface area contributed by atoms with Crippen molar-refractivity contribution in [1.82, 2.24) is 9.13 Å². The average molecular weight is 625 g/mol. The lowest BCUT2D eigenvalue weighted by Gasteiger charge is -2.11. The maximum absolute atomic E-state index is 2.41. The van der Waals surface area contributed by atoms with Gasteiger partial charge in [0.15, 0.2) is 0 Å². The summed E-state index contributed by atoms with van der Waals surface area (Å²) in [6.07, 6.45) is 0. The molecule has 10 rings (SSSR count). The minimum atomic E-state index is 1.18. The van der Waals surface area contributed by atoms with Gasteiger partial charge in [0.05, 0.1) is 22.1 Å². The molecule has 0 saturated heterocycles. The normalized spacial score (nSPS) is 11.8. The zero-order chi connectivity index (χ0) is 32.5. The Bertz CT molecular complexity index is 2870. The molecule has 2 aromatic heterocycles. The van der Waals surface area contributed by atoms with Gasteiger partial charge in [-0.1, -0.05) is 127 Å². The summed E-state index contributed by atoms with van der Waals surface area (Å²) in [4.78, 5) is 0. The molecule has 0 amide bonds. The van der Waals surface area contributed by atoms with Crippen molar-refractivity contribution >= 4 is 54.4 Å². The number of nitrogens with zero attached hydrogens (tertiary/aromatic N) is 2. The van der Waals surface area contributed by atoms with Crippen LogP contribution in [-0.4, -0.2) is 9.13 Å². The molecule has 49 heavy (non-hydrogen) atoms. The first kappa shape index (κ1) is 27.7. The van der Waals surface area contributed by atoms with Crippen molar-refractivity contribution in [2.75, 3.05) is 0 Å². The third-order valence-electron chi connectivity index (χ3n) is 10.2. The number of aromatic nitrogens is 2. The van der Waals surface area contributed by atoms with Crippen molar-refractivity contribution in [2.24, 2.45) is 0 Å². The maximum atomic E-state index is 2.41. The molecule has 0 saturated carbocycles. The lowest BCUT2D eigenvalue weighted by molar-refractivity contribution is 1.17. The minimum Gasteiger partial charge on any atom is -0.309 e. The molecule has 0 fully saturated rings. The van der Waals surface area contributed by atoms with E-state index in [1.807, 2.05) is 0 Å². The highest BCUT2D eigenvalue weighted by atomic mass is 15.0. The molecule has 0 bridgehead atoms. The Hall–Kier alpha value is -6.38. The molecule has 230 valence electrons. The van der Waals surface area contributed by atoms with E-state index in [-0.39, 0.29) is 0 Å². The second-order valence-electron chi connectivity index (χ2n) is 13.1. The van der Waals surface area contributed by atoms with E-state index in [2.05, 4.69) is 192 Å². The predicted octanol–water partition coefficient (Wildman–Crippen LogP) is 12.7. The molecule has 0 N–H and O–H groups in total. The van der Waals surface area contributed by atoms with E-state index in [0.717, 1.165) is 0 Å². The Morgan fingerprint density at radius 2 is 0.816 bits per heavy atom. The Morgan fingerprint density at radius 1 is 0.306 bits per heavy atom. The Labute approximate surface area is 284 Å². The Kier molecular flexibility index (Phi) is 6.13. The maximum Gasteiger partial charge on any atom is 0.0547 e. The van der Waals surface area contributed by atoms with E-state index in [4.69, 9.17) is 0 Å². The van der Waals surface area contributed by atoms with Crippen LogP contribution in [0.4, 0.5) is 0 Å². The highest BCUT2D eigenvalue weighted by Crippen LogP contribution is 2.38. The zero-order valence-electron chi connectivity index (χ0n) is 27.1. The fraction of sp³-hybridized carbons (Fsp3) is 0.0213. The molecule has 2 heteroatoms. The number of rotatable bonds is 4. The molecular formula is C47H32N2. The van der Waals surface area contributed by atoms with Gasteiger partial charge >= 0.3 is 0 Å². The number of benzene rings is 8. The van der Waals surface area contributed by atoms with Gasteiger partial charge in [-0.25, -0.2) is 0 Å². The second kappa shape index (κ2) is 10.8. The molecule has 0 unspecified atom stereocenters. The minimum absolute atomic E-state index is 1.18. The number of hydrogen-bond donors (Lipinski definition) is 0. The monoisotopic (exact) mass is 624 g/mol. The van der Waals surface area contributed by atoms with Crippen molar-refractivity contribution < 1.29 is 0 Å². The molecule has 0 aliphatic rings. The van der Waals surface area contributed by atoms with Gasteiger partial charge in [-0.3, -0.25) is 0 Å². The van der Waals surface area contributed by atoms with Crippen LogP contribution in [0, 0.1) is 6.92 Å². The van der Waals surface area contributed by atoms with Crippen LogP contribution in [0.2, 0.25) is 0 Å². The van der Waals surface area contributed by atoms with E-state index in [0.29, 0.717) is 0 Å². The molecule has 0 atom stereocenters. The summed E-state index contributed by atoms with van der Waals surface area (Å²) in [7, 11) is 0. The molecule has 0 radical (unpaired) electrons. The molecule has 8 aromatic carbocycles. The highest BCUT2D eigenvalue weighted by Gasteiger charge is 2.15. The summed E-state index contributed by atoms with van der Waals surface area (Å²) < 4.78 is 4.79. The van der Waals surface area contributed by atoms with Crippen LogP contribution in [0.1, 0.15) is 5.56 Å². The molecule has 0 spiro atoms. The van der Waals surface area contributed by atoms with Crippen molar-refractivity contribution in [3.63, 3.8) is 0 Å². The number of fused-ring (bicyclic) bond motifs is 7. The van der Waals surface area contributed by atoms with Gasteiger partial charge in [0, 0.05) is 32.9 Å². The fourth-order valence-electron chi connectivity index (χ4n) is 7.72. The first-order valence-electron chi connectivity index (χ1n) is 16.9. The van der Waals surface area contributed by atoms with Gasteiger partial charge in [0.1, 0.15) is 0 Å². The first-order valence-corrected chi connectivity index (χ1v) is 16.9. The fourth-order valence-corrected chi connectivity index (χ4v) is 7.72. The predicted molar refractivity (Wildman–Crippen MR) is 208 cm³/mol. The third kappa shape index (κ3) is 4.42. The lowest BCUT2D eigenvalue weighted by Crippen LogP contribution is -1.94. The number of para-hydroxylation sites is 2. The largest absolute Gasteiger partial charge is 0.309 e. The summed E-state index contributed by atoms with van der Waals surface area (Å²) in [5, 5.41) is 7.57. The van der Waals surface area contributed by atoms with E-state index in [9.17, 15) is 0 Å². The molecule has 2 nitrogen and oxygen atoms in total. The van der Waals surface area contributed by atoms with Crippen LogP contribution in [-0.2, 0) is 0 Å². The van der Waals surface area contributed by atoms with Crippen LogP contribution in [0.3, 0.4) is 0 Å². The summed E-state index contributed by atoms with van der Waals surface area (Å²) in [5.74, 6) is 0. The van der Waals surface area contributed by atoms with Crippen molar-refractivity contribution in [3.05, 3.63) is 181 Å². The van der Waals surface area contributed by atoms with Crippen LogP contribution in [0.5, 0.6) is 0 Å². The van der Waals surface area contributed by atoms with Crippen LogP contribution >= 0.6 is 0 Å². The summed E-state index contributed by atoms with van der Waals surface area (Å²) in [5.41, 5.74) is 13.4. The van der Waals surface area contributed by atoms with Crippen LogP contribution in [0.15, 0.2) is 176 Å². The van der Waals surface area contributed by atoms with Gasteiger partial charge in [0.25, 0.3) is 0 Å².